The topological polar surface area (TPSA) is 77.5 Å². The lowest BCUT2D eigenvalue weighted by Gasteiger charge is -2.00. The van der Waals surface area contributed by atoms with Crippen molar-refractivity contribution in [2.24, 2.45) is 5.14 Å². The molecule has 0 atom stereocenters. The first-order valence-corrected chi connectivity index (χ1v) is 8.07. The Morgan fingerprint density at radius 2 is 1.80 bits per heavy atom. The summed E-state index contributed by atoms with van der Waals surface area (Å²) < 4.78 is 25.1. The maximum absolute atomic E-state index is 11.2. The minimum atomic E-state index is -3.67. The van der Waals surface area contributed by atoms with E-state index in [-0.39, 0.29) is 4.90 Å². The Hall–Kier alpha value is -1.70. The number of primary sulfonamides is 1. The van der Waals surface area contributed by atoms with Crippen molar-refractivity contribution >= 4 is 31.5 Å². The predicted octanol–water partition coefficient (Wildman–Crippen LogP) is 2.41. The number of hydrogen-bond acceptors (Lipinski definition) is 3. The van der Waals surface area contributed by atoms with Crippen molar-refractivity contribution in [2.75, 3.05) is 0 Å². The molecule has 0 fully saturated rings. The second-order valence-corrected chi connectivity index (χ2v) is 6.62. The van der Waals surface area contributed by atoms with Gasteiger partial charge in [0.25, 0.3) is 0 Å². The van der Waals surface area contributed by atoms with Gasteiger partial charge in [0.15, 0.2) is 0 Å². The van der Waals surface area contributed by atoms with E-state index >= 15 is 0 Å². The van der Waals surface area contributed by atoms with Crippen LogP contribution in [0.15, 0.2) is 58.0 Å². The van der Waals surface area contributed by atoms with Gasteiger partial charge >= 0.3 is 0 Å². The van der Waals surface area contributed by atoms with Crippen LogP contribution in [0.4, 0.5) is 0 Å². The number of aromatic nitrogens is 2. The summed E-state index contributed by atoms with van der Waals surface area (Å²) in [6, 6.07) is 12.1. The second kappa shape index (κ2) is 4.69. The molecule has 0 bridgehead atoms. The number of fused-ring (bicyclic) bond motifs is 1. The number of hydrogen-bond donors (Lipinski definition) is 1. The zero-order chi connectivity index (χ0) is 14.3. The van der Waals surface area contributed by atoms with Gasteiger partial charge in [0.1, 0.15) is 5.69 Å². The first kappa shape index (κ1) is 13.3. The number of sulfonamides is 1. The standard InChI is InChI=1S/C13H10BrN3O2S/c14-12-11-3-1-2-8-17(11)16-13(12)9-4-6-10(7-5-9)20(15,18)19/h1-8H,(H2,15,18,19). The fraction of sp³-hybridized carbons (Fsp3) is 0. The van der Waals surface area contributed by atoms with Crippen molar-refractivity contribution in [3.05, 3.63) is 53.1 Å². The Balaban J connectivity index is 2.14. The molecule has 2 aromatic heterocycles. The van der Waals surface area contributed by atoms with E-state index in [1.807, 2.05) is 24.4 Å². The SMILES string of the molecule is NS(=O)(=O)c1ccc(-c2nn3ccccc3c2Br)cc1. The average Bonchev–Trinajstić information content (AvgIpc) is 2.76. The number of benzene rings is 1. The van der Waals surface area contributed by atoms with E-state index in [0.717, 1.165) is 21.2 Å². The van der Waals surface area contributed by atoms with Crippen molar-refractivity contribution < 1.29 is 8.42 Å². The Morgan fingerprint density at radius 1 is 1.10 bits per heavy atom. The van der Waals surface area contributed by atoms with Gasteiger partial charge in [-0.05, 0) is 40.2 Å². The molecule has 0 aliphatic rings. The highest BCUT2D eigenvalue weighted by Gasteiger charge is 2.13. The second-order valence-electron chi connectivity index (χ2n) is 4.26. The van der Waals surface area contributed by atoms with Crippen LogP contribution in [-0.4, -0.2) is 18.0 Å². The highest BCUT2D eigenvalue weighted by atomic mass is 79.9. The molecule has 0 aliphatic heterocycles. The predicted molar refractivity (Wildman–Crippen MR) is 79.7 cm³/mol. The van der Waals surface area contributed by atoms with Crippen molar-refractivity contribution in [2.45, 2.75) is 4.90 Å². The first-order valence-electron chi connectivity index (χ1n) is 5.73. The molecule has 0 radical (unpaired) electrons. The van der Waals surface area contributed by atoms with Crippen LogP contribution in [0.1, 0.15) is 0 Å². The molecule has 0 aliphatic carbocycles. The summed E-state index contributed by atoms with van der Waals surface area (Å²) in [6.45, 7) is 0. The molecule has 20 heavy (non-hydrogen) atoms. The van der Waals surface area contributed by atoms with Gasteiger partial charge in [0.2, 0.25) is 10.0 Å². The largest absolute Gasteiger partial charge is 0.239 e. The molecule has 0 amide bonds. The van der Waals surface area contributed by atoms with Gasteiger partial charge in [-0.2, -0.15) is 5.10 Å². The molecular formula is C13H10BrN3O2S. The normalized spacial score (nSPS) is 11.9. The van der Waals surface area contributed by atoms with Crippen LogP contribution < -0.4 is 5.14 Å². The zero-order valence-electron chi connectivity index (χ0n) is 10.2. The van der Waals surface area contributed by atoms with Gasteiger partial charge in [-0.1, -0.05) is 18.2 Å². The summed E-state index contributed by atoms with van der Waals surface area (Å²) in [4.78, 5) is 0.0844. The maximum atomic E-state index is 11.2. The lowest BCUT2D eigenvalue weighted by molar-refractivity contribution is 0.598. The summed E-state index contributed by atoms with van der Waals surface area (Å²) in [6.07, 6.45) is 1.85. The third-order valence-corrected chi connectivity index (χ3v) is 4.65. The molecule has 102 valence electrons. The van der Waals surface area contributed by atoms with E-state index in [1.54, 1.807) is 16.6 Å². The van der Waals surface area contributed by atoms with Crippen molar-refractivity contribution in [3.8, 4) is 11.3 Å². The van der Waals surface area contributed by atoms with Crippen LogP contribution in [0.5, 0.6) is 0 Å². The van der Waals surface area contributed by atoms with Crippen molar-refractivity contribution in [3.63, 3.8) is 0 Å². The fourth-order valence-electron chi connectivity index (χ4n) is 1.96. The van der Waals surface area contributed by atoms with Crippen LogP contribution in [0.2, 0.25) is 0 Å². The number of halogens is 1. The highest BCUT2D eigenvalue weighted by molar-refractivity contribution is 9.10. The van der Waals surface area contributed by atoms with Crippen LogP contribution >= 0.6 is 15.9 Å². The minimum Gasteiger partial charge on any atom is -0.239 e. The van der Waals surface area contributed by atoms with E-state index in [1.165, 1.54) is 12.1 Å². The molecular weight excluding hydrogens is 342 g/mol. The van der Waals surface area contributed by atoms with Crippen LogP contribution in [0.3, 0.4) is 0 Å². The Morgan fingerprint density at radius 3 is 2.40 bits per heavy atom. The molecule has 7 heteroatoms. The average molecular weight is 352 g/mol. The maximum Gasteiger partial charge on any atom is 0.238 e. The van der Waals surface area contributed by atoms with Gasteiger partial charge in [-0.25, -0.2) is 18.1 Å². The van der Waals surface area contributed by atoms with E-state index in [9.17, 15) is 8.42 Å². The lowest BCUT2D eigenvalue weighted by atomic mass is 10.1. The van der Waals surface area contributed by atoms with Gasteiger partial charge < -0.3 is 0 Å². The van der Waals surface area contributed by atoms with E-state index < -0.39 is 10.0 Å². The monoisotopic (exact) mass is 351 g/mol. The molecule has 0 spiro atoms. The van der Waals surface area contributed by atoms with Gasteiger partial charge in [-0.15, -0.1) is 0 Å². The van der Waals surface area contributed by atoms with E-state index in [4.69, 9.17) is 5.14 Å². The molecule has 1 aromatic carbocycles. The zero-order valence-corrected chi connectivity index (χ0v) is 12.6. The third kappa shape index (κ3) is 2.24. The highest BCUT2D eigenvalue weighted by Crippen LogP contribution is 2.31. The number of rotatable bonds is 2. The molecule has 2 heterocycles. The van der Waals surface area contributed by atoms with Crippen molar-refractivity contribution in [1.29, 1.82) is 0 Å². The Bertz CT molecular complexity index is 886. The Kier molecular flexibility index (Phi) is 3.12. The molecule has 2 N–H and O–H groups in total. The summed E-state index contributed by atoms with van der Waals surface area (Å²) in [5.41, 5.74) is 2.50. The quantitative estimate of drug-likeness (QED) is 0.769. The summed E-state index contributed by atoms with van der Waals surface area (Å²) >= 11 is 3.52. The first-order chi connectivity index (χ1) is 9.47. The Labute approximate surface area is 124 Å². The summed E-state index contributed by atoms with van der Waals surface area (Å²) in [5, 5.41) is 9.54. The lowest BCUT2D eigenvalue weighted by Crippen LogP contribution is -2.11. The van der Waals surface area contributed by atoms with Crippen LogP contribution in [0.25, 0.3) is 16.8 Å². The van der Waals surface area contributed by atoms with Crippen LogP contribution in [0, 0.1) is 0 Å². The number of pyridine rings is 1. The minimum absolute atomic E-state index is 0.0844. The van der Waals surface area contributed by atoms with E-state index in [0.29, 0.717) is 0 Å². The number of nitrogens with zero attached hydrogens (tertiary/aromatic N) is 2. The third-order valence-electron chi connectivity index (χ3n) is 2.94. The molecule has 3 rings (SSSR count). The fourth-order valence-corrected chi connectivity index (χ4v) is 3.09. The van der Waals surface area contributed by atoms with Crippen LogP contribution in [-0.2, 0) is 10.0 Å². The number of nitrogens with two attached hydrogens (primary N) is 1. The summed E-state index contributed by atoms with van der Waals surface area (Å²) in [5.74, 6) is 0. The van der Waals surface area contributed by atoms with Gasteiger partial charge in [0.05, 0.1) is 14.9 Å². The van der Waals surface area contributed by atoms with Gasteiger partial charge in [-0.3, -0.25) is 0 Å². The molecule has 0 saturated heterocycles. The van der Waals surface area contributed by atoms with Crippen molar-refractivity contribution in [1.82, 2.24) is 9.61 Å². The molecule has 0 saturated carbocycles. The molecule has 0 unspecified atom stereocenters. The molecule has 5 nitrogen and oxygen atoms in total. The molecule has 3 aromatic rings. The summed E-state index contributed by atoms with van der Waals surface area (Å²) in [7, 11) is -3.67. The van der Waals surface area contributed by atoms with Gasteiger partial charge in [0, 0.05) is 11.8 Å². The van der Waals surface area contributed by atoms with E-state index in [2.05, 4.69) is 21.0 Å². The smallest absolute Gasteiger partial charge is 0.238 e.